The molecule has 3 aromatic heterocycles. The summed E-state index contributed by atoms with van der Waals surface area (Å²) in [4.78, 5) is 27.6. The molecule has 0 spiro atoms. The Morgan fingerprint density at radius 2 is 1.95 bits per heavy atom. The maximum atomic E-state index is 14.0. The highest BCUT2D eigenvalue weighted by Crippen LogP contribution is 2.29. The van der Waals surface area contributed by atoms with Gasteiger partial charge in [-0.1, -0.05) is 23.7 Å². The van der Waals surface area contributed by atoms with Gasteiger partial charge in [0, 0.05) is 35.3 Å². The molecule has 1 fully saturated rings. The summed E-state index contributed by atoms with van der Waals surface area (Å²) in [6.45, 7) is 4.18. The number of aromatic carboxylic acids is 1. The number of piperidine rings is 1. The maximum absolute atomic E-state index is 14.0. The lowest BCUT2D eigenvalue weighted by atomic mass is 9.93. The molecule has 0 amide bonds. The summed E-state index contributed by atoms with van der Waals surface area (Å²) < 4.78 is 21.7. The van der Waals surface area contributed by atoms with Gasteiger partial charge in [0.15, 0.2) is 5.65 Å². The van der Waals surface area contributed by atoms with Crippen LogP contribution in [0.2, 0.25) is 5.02 Å². The number of aryl methyl sites for hydroxylation is 2. The van der Waals surface area contributed by atoms with Crippen LogP contribution in [0.15, 0.2) is 42.5 Å². The van der Waals surface area contributed by atoms with Gasteiger partial charge in [-0.2, -0.15) is 0 Å². The maximum Gasteiger partial charge on any atom is 0.337 e. The lowest BCUT2D eigenvalue weighted by Gasteiger charge is -2.31. The summed E-state index contributed by atoms with van der Waals surface area (Å²) in [5.74, 6) is 0.236. The van der Waals surface area contributed by atoms with Gasteiger partial charge in [-0.3, -0.25) is 4.90 Å². The predicted octanol–water partition coefficient (Wildman–Crippen LogP) is 5.12. The second-order valence-electron chi connectivity index (χ2n) is 9.33. The summed E-state index contributed by atoms with van der Waals surface area (Å²) >= 11 is 5.82. The van der Waals surface area contributed by atoms with Gasteiger partial charge in [0.2, 0.25) is 5.88 Å². The summed E-state index contributed by atoms with van der Waals surface area (Å²) in [5, 5.41) is 9.76. The topological polar surface area (TPSA) is 93.4 Å². The molecule has 192 valence electrons. The number of aromatic nitrogens is 4. The van der Waals surface area contributed by atoms with E-state index in [9.17, 15) is 14.3 Å². The molecule has 0 saturated carbocycles. The van der Waals surface area contributed by atoms with E-state index in [1.807, 2.05) is 23.7 Å². The van der Waals surface area contributed by atoms with Crippen LogP contribution in [0.3, 0.4) is 0 Å². The molecule has 1 aliphatic heterocycles. The van der Waals surface area contributed by atoms with Gasteiger partial charge >= 0.3 is 5.97 Å². The number of hydrogen-bond donors (Lipinski definition) is 1. The van der Waals surface area contributed by atoms with Gasteiger partial charge in [0.1, 0.15) is 18.2 Å². The lowest BCUT2D eigenvalue weighted by Crippen LogP contribution is -2.33. The second kappa shape index (κ2) is 10.4. The van der Waals surface area contributed by atoms with E-state index in [-0.39, 0.29) is 12.2 Å². The van der Waals surface area contributed by atoms with Crippen molar-refractivity contribution in [1.29, 1.82) is 0 Å². The van der Waals surface area contributed by atoms with E-state index < -0.39 is 11.8 Å². The molecule has 0 bridgehead atoms. The number of halogens is 2. The highest BCUT2D eigenvalue weighted by Gasteiger charge is 2.24. The van der Waals surface area contributed by atoms with Crippen molar-refractivity contribution in [3.8, 4) is 5.88 Å². The van der Waals surface area contributed by atoms with E-state index in [0.29, 0.717) is 45.8 Å². The Hall–Kier alpha value is -3.56. The number of benzene rings is 1. The van der Waals surface area contributed by atoms with Crippen molar-refractivity contribution in [3.63, 3.8) is 0 Å². The molecule has 4 heterocycles. The molecule has 1 aromatic carbocycles. The van der Waals surface area contributed by atoms with Gasteiger partial charge in [0.25, 0.3) is 0 Å². The minimum atomic E-state index is -0.989. The van der Waals surface area contributed by atoms with Crippen molar-refractivity contribution in [2.24, 2.45) is 7.05 Å². The first kappa shape index (κ1) is 25.1. The molecule has 0 aliphatic carbocycles. The van der Waals surface area contributed by atoms with Crippen molar-refractivity contribution in [3.05, 3.63) is 81.6 Å². The zero-order chi connectivity index (χ0) is 26.1. The summed E-state index contributed by atoms with van der Waals surface area (Å²) in [6.07, 6.45) is 1.87. The van der Waals surface area contributed by atoms with Crippen molar-refractivity contribution >= 4 is 28.7 Å². The van der Waals surface area contributed by atoms with E-state index in [2.05, 4.69) is 19.9 Å². The first-order chi connectivity index (χ1) is 17.8. The number of carbonyl (C=O) groups is 1. The van der Waals surface area contributed by atoms with Crippen LogP contribution < -0.4 is 4.74 Å². The molecule has 1 N–H and O–H groups in total. The number of rotatable bonds is 7. The predicted molar refractivity (Wildman–Crippen MR) is 137 cm³/mol. The quantitative estimate of drug-likeness (QED) is 0.359. The Labute approximate surface area is 218 Å². The van der Waals surface area contributed by atoms with Crippen LogP contribution in [0.5, 0.6) is 5.88 Å². The van der Waals surface area contributed by atoms with Crippen LogP contribution in [0.4, 0.5) is 4.39 Å². The molecule has 0 unspecified atom stereocenters. The van der Waals surface area contributed by atoms with Crippen molar-refractivity contribution in [1.82, 2.24) is 24.4 Å². The van der Waals surface area contributed by atoms with Crippen LogP contribution in [-0.2, 0) is 20.2 Å². The van der Waals surface area contributed by atoms with Crippen molar-refractivity contribution in [2.45, 2.75) is 38.8 Å². The number of ether oxygens (including phenoxy) is 1. The second-order valence-corrected chi connectivity index (χ2v) is 9.77. The van der Waals surface area contributed by atoms with Crippen molar-refractivity contribution in [2.75, 3.05) is 13.1 Å². The van der Waals surface area contributed by atoms with Gasteiger partial charge < -0.3 is 14.4 Å². The third-order valence-electron chi connectivity index (χ3n) is 6.89. The van der Waals surface area contributed by atoms with E-state index >= 15 is 0 Å². The summed E-state index contributed by atoms with van der Waals surface area (Å²) in [6, 6.07) is 11.9. The number of nitrogens with zero attached hydrogens (tertiary/aromatic N) is 5. The molecular formula is C27H27ClFN5O3. The smallest absolute Gasteiger partial charge is 0.337 e. The minimum absolute atomic E-state index is 0.0816. The molecule has 0 atom stereocenters. The molecule has 1 saturated heterocycles. The zero-order valence-electron chi connectivity index (χ0n) is 20.6. The van der Waals surface area contributed by atoms with Crippen LogP contribution in [-0.4, -0.2) is 48.6 Å². The first-order valence-corrected chi connectivity index (χ1v) is 12.5. The highest BCUT2D eigenvalue weighted by molar-refractivity contribution is 6.30. The molecule has 8 nitrogen and oxygen atoms in total. The first-order valence-electron chi connectivity index (χ1n) is 12.1. The molecule has 10 heteroatoms. The number of fused-ring (bicyclic) bond motifs is 1. The van der Waals surface area contributed by atoms with E-state index in [0.717, 1.165) is 37.4 Å². The number of pyridine rings is 2. The number of imidazole rings is 1. The fourth-order valence-electron chi connectivity index (χ4n) is 4.72. The fraction of sp³-hybridized carbons (Fsp3) is 0.333. The Kier molecular flexibility index (Phi) is 7.08. The zero-order valence-corrected chi connectivity index (χ0v) is 21.4. The molecular weight excluding hydrogens is 497 g/mol. The third-order valence-corrected chi connectivity index (χ3v) is 7.13. The van der Waals surface area contributed by atoms with E-state index in [1.165, 1.54) is 6.07 Å². The van der Waals surface area contributed by atoms with Crippen LogP contribution in [0.25, 0.3) is 11.2 Å². The van der Waals surface area contributed by atoms with Crippen LogP contribution in [0, 0.1) is 12.7 Å². The van der Waals surface area contributed by atoms with E-state index in [1.54, 1.807) is 31.2 Å². The normalized spacial score (nSPS) is 14.8. The van der Waals surface area contributed by atoms with Crippen LogP contribution >= 0.6 is 11.6 Å². The average molecular weight is 524 g/mol. The Bertz CT molecular complexity index is 1470. The highest BCUT2D eigenvalue weighted by atomic mass is 35.5. The van der Waals surface area contributed by atoms with Gasteiger partial charge in [0.05, 0.1) is 23.3 Å². The molecule has 1 aliphatic rings. The third kappa shape index (κ3) is 5.42. The lowest BCUT2D eigenvalue weighted by molar-refractivity contribution is 0.0695. The Morgan fingerprint density at radius 3 is 2.68 bits per heavy atom. The number of hydrogen-bond acceptors (Lipinski definition) is 6. The molecule has 0 radical (unpaired) electrons. The fourth-order valence-corrected chi connectivity index (χ4v) is 4.88. The van der Waals surface area contributed by atoms with Gasteiger partial charge in [-0.15, -0.1) is 0 Å². The van der Waals surface area contributed by atoms with Gasteiger partial charge in [-0.05, 0) is 57.1 Å². The number of likely N-dealkylation sites (tertiary alicyclic amines) is 1. The molecule has 37 heavy (non-hydrogen) atoms. The SMILES string of the molecule is Cc1nc2nc(CN3CCC(c4cccc(OCc5ccc(Cl)cc5F)n4)CC3)n(C)c2cc1C(=O)O. The minimum Gasteiger partial charge on any atom is -0.478 e. The largest absolute Gasteiger partial charge is 0.478 e. The van der Waals surface area contributed by atoms with Gasteiger partial charge in [-0.25, -0.2) is 24.1 Å². The van der Waals surface area contributed by atoms with Crippen molar-refractivity contribution < 1.29 is 19.0 Å². The number of carboxylic acids is 1. The summed E-state index contributed by atoms with van der Waals surface area (Å²) in [7, 11) is 1.89. The van der Waals surface area contributed by atoms with Crippen LogP contribution in [0.1, 0.15) is 51.9 Å². The molecule has 4 aromatic rings. The standard InChI is InChI=1S/C27H27ClFN5O3/c1-16-20(27(35)36)13-23-26(30-16)32-24(33(23)2)14-34-10-8-17(9-11-34)22-4-3-5-25(31-22)37-15-18-6-7-19(28)12-21(18)29/h3-7,12-13,17H,8-11,14-15H2,1-2H3,(H,35,36). The Morgan fingerprint density at radius 1 is 1.16 bits per heavy atom. The monoisotopic (exact) mass is 523 g/mol. The Balaban J connectivity index is 1.21. The summed E-state index contributed by atoms with van der Waals surface area (Å²) in [5.41, 5.74) is 3.33. The van der Waals surface area contributed by atoms with E-state index in [4.69, 9.17) is 16.3 Å². The average Bonchev–Trinajstić information content (AvgIpc) is 3.17. The number of carboxylic acid groups (broad SMARTS) is 1. The molecule has 5 rings (SSSR count).